The number of thiophene rings is 2. The molecule has 0 unspecified atom stereocenters. The molecular formula is C37H37NS2. The van der Waals surface area contributed by atoms with Gasteiger partial charge >= 0.3 is 0 Å². The van der Waals surface area contributed by atoms with Gasteiger partial charge in [0.1, 0.15) is 6.07 Å². The highest BCUT2D eigenvalue weighted by Crippen LogP contribution is 2.31. The second-order valence-corrected chi connectivity index (χ2v) is 12.4. The minimum atomic E-state index is 0.592. The van der Waals surface area contributed by atoms with E-state index in [0.29, 0.717) is 5.56 Å². The van der Waals surface area contributed by atoms with Crippen LogP contribution in [0.1, 0.15) is 91.7 Å². The standard InChI is InChI=1S/C37H37NS2/c1-3-5-7-9-15-34-23-25-36(39-34)31-19-17-29(18-20-31)13-11-12-14-30-21-22-32(27-33(30)28-38)37-26-24-35(40-37)16-10-8-6-4-2/h17-27H,3-10,15-16H2,1-2H3. The van der Waals surface area contributed by atoms with E-state index < -0.39 is 0 Å². The smallest absolute Gasteiger partial charge is 0.100 e. The number of rotatable bonds is 12. The Hall–Kier alpha value is -3.55. The zero-order valence-corrected chi connectivity index (χ0v) is 25.3. The Morgan fingerprint density at radius 3 is 1.75 bits per heavy atom. The van der Waals surface area contributed by atoms with E-state index in [1.54, 1.807) is 0 Å². The third-order valence-corrected chi connectivity index (χ3v) is 9.33. The van der Waals surface area contributed by atoms with Crippen LogP contribution < -0.4 is 0 Å². The third kappa shape index (κ3) is 8.73. The molecule has 202 valence electrons. The SMILES string of the molecule is CCCCCCc1ccc(-c2ccc(C#CC#Cc3ccc(-c4ccc(CCCCCC)s4)cc3C#N)cc2)s1. The van der Waals surface area contributed by atoms with Gasteiger partial charge in [0.25, 0.3) is 0 Å². The molecule has 0 N–H and O–H groups in total. The normalized spacial score (nSPS) is 10.3. The zero-order chi connectivity index (χ0) is 28.0. The second-order valence-electron chi connectivity index (χ2n) is 10.1. The second kappa shape index (κ2) is 15.9. The maximum Gasteiger partial charge on any atom is 0.100 e. The Morgan fingerprint density at radius 1 is 0.575 bits per heavy atom. The Balaban J connectivity index is 1.36. The molecule has 3 heteroatoms. The first-order valence-electron chi connectivity index (χ1n) is 14.5. The molecule has 2 heterocycles. The minimum absolute atomic E-state index is 0.592. The van der Waals surface area contributed by atoms with Crippen molar-refractivity contribution in [2.45, 2.75) is 78.1 Å². The predicted octanol–water partition coefficient (Wildman–Crippen LogP) is 10.7. The van der Waals surface area contributed by atoms with Crippen LogP contribution in [0.2, 0.25) is 0 Å². The fourth-order valence-electron chi connectivity index (χ4n) is 4.61. The Kier molecular flexibility index (Phi) is 11.7. The average Bonchev–Trinajstić information content (AvgIpc) is 3.66. The van der Waals surface area contributed by atoms with Crippen LogP contribution in [0.3, 0.4) is 0 Å². The number of hydrogen-bond donors (Lipinski definition) is 0. The summed E-state index contributed by atoms with van der Waals surface area (Å²) < 4.78 is 0. The Labute approximate surface area is 248 Å². The van der Waals surface area contributed by atoms with Crippen LogP contribution in [0.25, 0.3) is 20.9 Å². The first kappa shape index (κ1) is 29.4. The van der Waals surface area contributed by atoms with Crippen LogP contribution in [-0.2, 0) is 12.8 Å². The predicted molar refractivity (Wildman–Crippen MR) is 174 cm³/mol. The van der Waals surface area contributed by atoms with Gasteiger partial charge in [-0.25, -0.2) is 0 Å². The quantitative estimate of drug-likeness (QED) is 0.125. The minimum Gasteiger partial charge on any atom is -0.192 e. The molecule has 0 spiro atoms. The molecular weight excluding hydrogens is 523 g/mol. The average molecular weight is 560 g/mol. The van der Waals surface area contributed by atoms with Crippen molar-refractivity contribution in [3.63, 3.8) is 0 Å². The van der Waals surface area contributed by atoms with Crippen LogP contribution in [-0.4, -0.2) is 0 Å². The molecule has 0 aliphatic rings. The third-order valence-electron chi connectivity index (χ3n) is 6.94. The summed E-state index contributed by atoms with van der Waals surface area (Å²) in [5, 5.41) is 9.73. The van der Waals surface area contributed by atoms with Crippen LogP contribution in [0.4, 0.5) is 0 Å². The number of nitriles is 1. The van der Waals surface area contributed by atoms with Gasteiger partial charge in [0.05, 0.1) is 5.56 Å². The molecule has 0 saturated heterocycles. The van der Waals surface area contributed by atoms with E-state index in [1.807, 2.05) is 34.8 Å². The highest BCUT2D eigenvalue weighted by Gasteiger charge is 2.07. The summed E-state index contributed by atoms with van der Waals surface area (Å²) in [7, 11) is 0. The lowest BCUT2D eigenvalue weighted by Gasteiger charge is -2.01. The van der Waals surface area contributed by atoms with Crippen molar-refractivity contribution in [1.82, 2.24) is 0 Å². The van der Waals surface area contributed by atoms with Gasteiger partial charge in [-0.3, -0.25) is 0 Å². The Bertz CT molecular complexity index is 1540. The number of unbranched alkanes of at least 4 members (excludes halogenated alkanes) is 6. The van der Waals surface area contributed by atoms with E-state index >= 15 is 0 Å². The Morgan fingerprint density at radius 2 is 1.15 bits per heavy atom. The summed E-state index contributed by atoms with van der Waals surface area (Å²) in [4.78, 5) is 5.39. The number of hydrogen-bond acceptors (Lipinski definition) is 3. The largest absolute Gasteiger partial charge is 0.192 e. The maximum atomic E-state index is 9.73. The fraction of sp³-hybridized carbons (Fsp3) is 0.324. The van der Waals surface area contributed by atoms with Gasteiger partial charge in [-0.15, -0.1) is 22.7 Å². The van der Waals surface area contributed by atoms with Crippen molar-refractivity contribution in [2.24, 2.45) is 0 Å². The highest BCUT2D eigenvalue weighted by atomic mass is 32.1. The zero-order valence-electron chi connectivity index (χ0n) is 23.7. The lowest BCUT2D eigenvalue weighted by atomic mass is 10.0. The fourth-order valence-corrected chi connectivity index (χ4v) is 6.71. The monoisotopic (exact) mass is 559 g/mol. The van der Waals surface area contributed by atoms with E-state index in [9.17, 15) is 5.26 Å². The van der Waals surface area contributed by atoms with Gasteiger partial charge in [0.15, 0.2) is 0 Å². The van der Waals surface area contributed by atoms with Gasteiger partial charge < -0.3 is 0 Å². The van der Waals surface area contributed by atoms with Gasteiger partial charge in [-0.05, 0) is 97.2 Å². The van der Waals surface area contributed by atoms with E-state index in [-0.39, 0.29) is 0 Å². The maximum absolute atomic E-state index is 9.73. The van der Waals surface area contributed by atoms with Gasteiger partial charge in [-0.2, -0.15) is 5.26 Å². The van der Waals surface area contributed by atoms with Crippen molar-refractivity contribution in [1.29, 1.82) is 5.26 Å². The lowest BCUT2D eigenvalue weighted by Crippen LogP contribution is -1.85. The van der Waals surface area contributed by atoms with E-state index in [1.165, 1.54) is 82.9 Å². The van der Waals surface area contributed by atoms with Gasteiger partial charge in [-0.1, -0.05) is 82.4 Å². The first-order valence-corrected chi connectivity index (χ1v) is 16.2. The summed E-state index contributed by atoms with van der Waals surface area (Å²) in [5.74, 6) is 12.1. The lowest BCUT2D eigenvalue weighted by molar-refractivity contribution is 0.670. The van der Waals surface area contributed by atoms with Crippen molar-refractivity contribution in [2.75, 3.05) is 0 Å². The first-order chi connectivity index (χ1) is 19.7. The molecule has 2 aromatic heterocycles. The van der Waals surface area contributed by atoms with Crippen LogP contribution in [0, 0.1) is 35.0 Å². The number of nitrogens with zero attached hydrogens (tertiary/aromatic N) is 1. The summed E-state index contributed by atoms with van der Waals surface area (Å²) in [6.45, 7) is 4.50. The van der Waals surface area contributed by atoms with Crippen molar-refractivity contribution in [3.05, 3.63) is 93.2 Å². The van der Waals surface area contributed by atoms with E-state index in [0.717, 1.165) is 23.1 Å². The number of benzene rings is 2. The molecule has 0 aliphatic heterocycles. The molecule has 0 radical (unpaired) electrons. The number of aryl methyl sites for hydroxylation is 2. The summed E-state index contributed by atoms with van der Waals surface area (Å²) in [6.07, 6.45) is 12.6. The van der Waals surface area contributed by atoms with Gasteiger partial charge in [0, 0.05) is 30.6 Å². The molecule has 0 fully saturated rings. The van der Waals surface area contributed by atoms with Crippen LogP contribution >= 0.6 is 22.7 Å². The topological polar surface area (TPSA) is 23.8 Å². The molecule has 2 aromatic carbocycles. The molecule has 1 nitrogen and oxygen atoms in total. The summed E-state index contributed by atoms with van der Waals surface area (Å²) in [5.41, 5.74) is 4.56. The van der Waals surface area contributed by atoms with E-state index in [4.69, 9.17) is 0 Å². The summed E-state index contributed by atoms with van der Waals surface area (Å²) in [6, 6.07) is 25.5. The van der Waals surface area contributed by atoms with E-state index in [2.05, 4.69) is 98.2 Å². The molecule has 0 bridgehead atoms. The van der Waals surface area contributed by atoms with Crippen molar-refractivity contribution in [3.8, 4) is 50.6 Å². The van der Waals surface area contributed by atoms with Gasteiger partial charge in [0.2, 0.25) is 0 Å². The summed E-state index contributed by atoms with van der Waals surface area (Å²) >= 11 is 3.72. The van der Waals surface area contributed by atoms with Crippen molar-refractivity contribution >= 4 is 22.7 Å². The van der Waals surface area contributed by atoms with Crippen LogP contribution in [0.15, 0.2) is 66.7 Å². The molecule has 0 atom stereocenters. The molecule has 0 aliphatic carbocycles. The molecule has 40 heavy (non-hydrogen) atoms. The molecule has 0 saturated carbocycles. The highest BCUT2D eigenvalue weighted by molar-refractivity contribution is 7.15. The van der Waals surface area contributed by atoms with Crippen LogP contribution in [0.5, 0.6) is 0 Å². The molecule has 4 rings (SSSR count). The molecule has 4 aromatic rings. The molecule has 0 amide bonds. The van der Waals surface area contributed by atoms with Crippen molar-refractivity contribution < 1.29 is 0 Å².